The van der Waals surface area contributed by atoms with Gasteiger partial charge in [-0.25, -0.2) is 4.39 Å². The highest BCUT2D eigenvalue weighted by Crippen LogP contribution is 2.31. The van der Waals surface area contributed by atoms with Gasteiger partial charge in [0.05, 0.1) is 0 Å². The molecule has 27 heavy (non-hydrogen) atoms. The number of nitrogens with zero attached hydrogens (tertiary/aromatic N) is 1. The number of hydrogen-bond acceptors (Lipinski definition) is 3. The molecule has 1 aromatic rings. The molecule has 2 fully saturated rings. The van der Waals surface area contributed by atoms with Gasteiger partial charge in [0.1, 0.15) is 5.82 Å². The van der Waals surface area contributed by atoms with Crippen molar-refractivity contribution in [1.29, 1.82) is 0 Å². The second-order valence-electron chi connectivity index (χ2n) is 7.35. The van der Waals surface area contributed by atoms with E-state index in [0.29, 0.717) is 24.0 Å². The van der Waals surface area contributed by atoms with Crippen LogP contribution in [-0.2, 0) is 11.3 Å². The van der Waals surface area contributed by atoms with E-state index in [1.165, 1.54) is 12.1 Å². The van der Waals surface area contributed by atoms with E-state index < -0.39 is 0 Å². The molecule has 0 radical (unpaired) electrons. The molecule has 0 spiro atoms. The molecule has 3 N–H and O–H groups in total. The molecular weight excluding hydrogens is 412 g/mol. The summed E-state index contributed by atoms with van der Waals surface area (Å²) >= 11 is 6.14. The minimum atomic E-state index is -0.316. The van der Waals surface area contributed by atoms with Gasteiger partial charge in [-0.2, -0.15) is 0 Å². The molecule has 4 nitrogen and oxygen atoms in total. The van der Waals surface area contributed by atoms with E-state index in [1.54, 1.807) is 6.07 Å². The van der Waals surface area contributed by atoms with Crippen molar-refractivity contribution in [1.82, 2.24) is 10.2 Å². The number of likely N-dealkylation sites (tertiary alicyclic amines) is 1. The zero-order valence-electron chi connectivity index (χ0n) is 15.3. The van der Waals surface area contributed by atoms with E-state index in [1.807, 2.05) is 0 Å². The zero-order chi connectivity index (χ0) is 17.8. The molecule has 3 atom stereocenters. The highest BCUT2D eigenvalue weighted by atomic mass is 35.5. The Morgan fingerprint density at radius 2 is 2.04 bits per heavy atom. The maximum atomic E-state index is 13.2. The second-order valence-corrected chi connectivity index (χ2v) is 7.76. The van der Waals surface area contributed by atoms with Crippen LogP contribution < -0.4 is 11.1 Å². The fourth-order valence-electron chi connectivity index (χ4n) is 4.18. The SMILES string of the molecule is Cl.Cl.NC[C@H]1CCC[C@H]1C(=O)NC1CCCN(Cc2ccc(F)cc2Cl)C1. The molecular formula is C19H29Cl3FN3O. The average molecular weight is 441 g/mol. The number of piperidine rings is 1. The Kier molecular flexibility index (Phi) is 10.3. The van der Waals surface area contributed by atoms with E-state index in [-0.39, 0.29) is 48.5 Å². The summed E-state index contributed by atoms with van der Waals surface area (Å²) in [7, 11) is 0. The fraction of sp³-hybridized carbons (Fsp3) is 0.632. The van der Waals surface area contributed by atoms with Crippen LogP contribution in [0.1, 0.15) is 37.7 Å². The van der Waals surface area contributed by atoms with Crippen LogP contribution in [0.5, 0.6) is 0 Å². The first kappa shape index (κ1) is 24.4. The molecule has 1 saturated heterocycles. The normalized spacial score (nSPS) is 25.4. The van der Waals surface area contributed by atoms with Gasteiger partial charge in [-0.3, -0.25) is 9.69 Å². The first-order valence-corrected chi connectivity index (χ1v) is 9.61. The highest BCUT2D eigenvalue weighted by molar-refractivity contribution is 6.31. The van der Waals surface area contributed by atoms with Gasteiger partial charge in [0, 0.05) is 30.1 Å². The minimum Gasteiger partial charge on any atom is -0.352 e. The summed E-state index contributed by atoms with van der Waals surface area (Å²) < 4.78 is 13.2. The average Bonchev–Trinajstić information content (AvgIpc) is 3.07. The standard InChI is InChI=1S/C19H27ClFN3O.2ClH/c20-18-9-15(21)7-6-14(18)11-24-8-2-4-16(12-24)23-19(25)17-5-1-3-13(17)10-22;;/h6-7,9,13,16-17H,1-5,8,10-12,22H2,(H,23,25);2*1H/t13-,16?,17-;;/m1../s1. The van der Waals surface area contributed by atoms with Crippen molar-refractivity contribution in [2.24, 2.45) is 17.6 Å². The van der Waals surface area contributed by atoms with Gasteiger partial charge in [-0.1, -0.05) is 24.1 Å². The lowest BCUT2D eigenvalue weighted by atomic mass is 9.94. The Bertz CT molecular complexity index is 620. The highest BCUT2D eigenvalue weighted by Gasteiger charge is 2.33. The monoisotopic (exact) mass is 439 g/mol. The summed E-state index contributed by atoms with van der Waals surface area (Å²) in [4.78, 5) is 14.9. The Morgan fingerprint density at radius 3 is 2.74 bits per heavy atom. The number of benzene rings is 1. The first-order valence-electron chi connectivity index (χ1n) is 9.23. The van der Waals surface area contributed by atoms with Crippen LogP contribution in [0.2, 0.25) is 5.02 Å². The Hall–Kier alpha value is -0.590. The molecule has 3 rings (SSSR count). The van der Waals surface area contributed by atoms with Gasteiger partial charge in [0.2, 0.25) is 5.91 Å². The van der Waals surface area contributed by atoms with E-state index in [9.17, 15) is 9.18 Å². The Morgan fingerprint density at radius 1 is 1.26 bits per heavy atom. The number of carbonyl (C=O) groups excluding carboxylic acids is 1. The van der Waals surface area contributed by atoms with Crippen LogP contribution in [0.4, 0.5) is 4.39 Å². The van der Waals surface area contributed by atoms with Crippen molar-refractivity contribution in [2.75, 3.05) is 19.6 Å². The van der Waals surface area contributed by atoms with E-state index in [4.69, 9.17) is 17.3 Å². The van der Waals surface area contributed by atoms with Crippen molar-refractivity contribution >= 4 is 42.3 Å². The maximum absolute atomic E-state index is 13.2. The van der Waals surface area contributed by atoms with Crippen LogP contribution in [0.25, 0.3) is 0 Å². The lowest BCUT2D eigenvalue weighted by molar-refractivity contribution is -0.127. The van der Waals surface area contributed by atoms with Crippen molar-refractivity contribution < 1.29 is 9.18 Å². The van der Waals surface area contributed by atoms with Gasteiger partial charge in [-0.15, -0.1) is 24.8 Å². The Labute approximate surface area is 178 Å². The number of rotatable bonds is 5. The van der Waals surface area contributed by atoms with E-state index >= 15 is 0 Å². The smallest absolute Gasteiger partial charge is 0.223 e. The lowest BCUT2D eigenvalue weighted by Gasteiger charge is -2.34. The molecule has 2 aliphatic rings. The number of carbonyl (C=O) groups is 1. The van der Waals surface area contributed by atoms with E-state index in [2.05, 4.69) is 10.2 Å². The summed E-state index contributed by atoms with van der Waals surface area (Å²) in [6.45, 7) is 3.05. The predicted molar refractivity (Wildman–Crippen MR) is 112 cm³/mol. The molecule has 0 bridgehead atoms. The fourth-order valence-corrected chi connectivity index (χ4v) is 4.41. The first-order chi connectivity index (χ1) is 12.1. The topological polar surface area (TPSA) is 58.4 Å². The molecule has 8 heteroatoms. The number of nitrogens with one attached hydrogen (secondary N) is 1. The summed E-state index contributed by atoms with van der Waals surface area (Å²) in [5, 5.41) is 3.70. The summed E-state index contributed by atoms with van der Waals surface area (Å²) in [5.74, 6) is 0.257. The molecule has 1 heterocycles. The molecule has 1 amide bonds. The maximum Gasteiger partial charge on any atom is 0.223 e. The second kappa shape index (κ2) is 11.4. The van der Waals surface area contributed by atoms with E-state index in [0.717, 1.165) is 50.8 Å². The lowest BCUT2D eigenvalue weighted by Crippen LogP contribution is -2.49. The summed E-state index contributed by atoms with van der Waals surface area (Å²) in [5.41, 5.74) is 6.73. The van der Waals surface area contributed by atoms with Gasteiger partial charge in [0.15, 0.2) is 0 Å². The summed E-state index contributed by atoms with van der Waals surface area (Å²) in [6.07, 6.45) is 5.15. The Balaban J connectivity index is 0.00000182. The van der Waals surface area contributed by atoms with Crippen LogP contribution in [0.15, 0.2) is 18.2 Å². The number of hydrogen-bond donors (Lipinski definition) is 2. The third-order valence-electron chi connectivity index (χ3n) is 5.56. The molecule has 0 aromatic heterocycles. The third-order valence-corrected chi connectivity index (χ3v) is 5.91. The van der Waals surface area contributed by atoms with Crippen LogP contribution >= 0.6 is 36.4 Å². The molecule has 1 aliphatic carbocycles. The zero-order valence-corrected chi connectivity index (χ0v) is 17.7. The largest absolute Gasteiger partial charge is 0.352 e. The van der Waals surface area contributed by atoms with Crippen LogP contribution in [0.3, 0.4) is 0 Å². The van der Waals surface area contributed by atoms with Crippen molar-refractivity contribution in [3.63, 3.8) is 0 Å². The minimum absolute atomic E-state index is 0. The van der Waals surface area contributed by atoms with Gasteiger partial charge >= 0.3 is 0 Å². The molecule has 1 unspecified atom stereocenters. The van der Waals surface area contributed by atoms with Crippen LogP contribution in [-0.4, -0.2) is 36.5 Å². The van der Waals surface area contributed by atoms with Crippen LogP contribution in [0, 0.1) is 17.7 Å². The molecule has 1 saturated carbocycles. The predicted octanol–water partition coefficient (Wildman–Crippen LogP) is 3.78. The molecule has 1 aliphatic heterocycles. The quantitative estimate of drug-likeness (QED) is 0.732. The number of amides is 1. The van der Waals surface area contributed by atoms with Crippen molar-refractivity contribution in [2.45, 2.75) is 44.7 Å². The van der Waals surface area contributed by atoms with Gasteiger partial charge < -0.3 is 11.1 Å². The molecule has 154 valence electrons. The van der Waals surface area contributed by atoms with Crippen molar-refractivity contribution in [3.05, 3.63) is 34.6 Å². The van der Waals surface area contributed by atoms with Crippen molar-refractivity contribution in [3.8, 4) is 0 Å². The van der Waals surface area contributed by atoms with Gasteiger partial charge in [-0.05, 0) is 62.4 Å². The number of halogens is 4. The number of nitrogens with two attached hydrogens (primary N) is 1. The molecule has 1 aromatic carbocycles. The van der Waals surface area contributed by atoms with Gasteiger partial charge in [0.25, 0.3) is 0 Å². The third kappa shape index (κ3) is 6.47. The summed E-state index contributed by atoms with van der Waals surface area (Å²) in [6, 6.07) is 4.70.